The smallest absolute Gasteiger partial charge is 0.146 e. The minimum atomic E-state index is -0.230. The SMILES string of the molecule is CCC(Nc1cc(C)ccc1F)c1cccc(Cl)c1. The third kappa shape index (κ3) is 3.48. The van der Waals surface area contributed by atoms with Crippen molar-refractivity contribution >= 4 is 17.3 Å². The molecule has 2 aromatic carbocycles. The third-order valence-corrected chi connectivity index (χ3v) is 3.35. The fraction of sp³-hybridized carbons (Fsp3) is 0.250. The zero-order chi connectivity index (χ0) is 13.8. The lowest BCUT2D eigenvalue weighted by Gasteiger charge is -2.19. The lowest BCUT2D eigenvalue weighted by Crippen LogP contribution is -2.11. The Morgan fingerprint density at radius 3 is 2.68 bits per heavy atom. The molecule has 1 unspecified atom stereocenters. The fourth-order valence-corrected chi connectivity index (χ4v) is 2.28. The number of nitrogens with one attached hydrogen (secondary N) is 1. The summed E-state index contributed by atoms with van der Waals surface area (Å²) in [6.45, 7) is 4.01. The van der Waals surface area contributed by atoms with Gasteiger partial charge in [0.15, 0.2) is 0 Å². The van der Waals surface area contributed by atoms with Crippen molar-refractivity contribution < 1.29 is 4.39 Å². The summed E-state index contributed by atoms with van der Waals surface area (Å²) in [6, 6.07) is 12.8. The molecule has 0 aliphatic carbocycles. The van der Waals surface area contributed by atoms with Crippen LogP contribution in [0.3, 0.4) is 0 Å². The van der Waals surface area contributed by atoms with E-state index in [1.54, 1.807) is 6.07 Å². The first-order chi connectivity index (χ1) is 9.10. The van der Waals surface area contributed by atoms with E-state index in [9.17, 15) is 4.39 Å². The molecule has 0 aromatic heterocycles. The molecule has 1 N–H and O–H groups in total. The Bertz CT molecular complexity index is 568. The van der Waals surface area contributed by atoms with Crippen molar-refractivity contribution in [2.24, 2.45) is 0 Å². The van der Waals surface area contributed by atoms with Crippen LogP contribution in [0.15, 0.2) is 42.5 Å². The zero-order valence-electron chi connectivity index (χ0n) is 11.1. The molecule has 0 saturated heterocycles. The van der Waals surface area contributed by atoms with Gasteiger partial charge in [0.05, 0.1) is 11.7 Å². The molecule has 0 heterocycles. The molecule has 0 fully saturated rings. The Balaban J connectivity index is 2.26. The number of halogens is 2. The molecule has 1 nitrogen and oxygen atoms in total. The molecule has 0 bridgehead atoms. The Kier molecular flexibility index (Phi) is 4.43. The summed E-state index contributed by atoms with van der Waals surface area (Å²) in [6.07, 6.45) is 0.855. The van der Waals surface area contributed by atoms with Crippen LogP contribution in [0.25, 0.3) is 0 Å². The number of aryl methyl sites for hydroxylation is 1. The van der Waals surface area contributed by atoms with E-state index in [2.05, 4.69) is 12.2 Å². The van der Waals surface area contributed by atoms with E-state index in [1.165, 1.54) is 6.07 Å². The van der Waals surface area contributed by atoms with Crippen molar-refractivity contribution in [1.29, 1.82) is 0 Å². The van der Waals surface area contributed by atoms with Crippen LogP contribution in [-0.2, 0) is 0 Å². The molecule has 2 rings (SSSR count). The van der Waals surface area contributed by atoms with Gasteiger partial charge in [-0.25, -0.2) is 4.39 Å². The van der Waals surface area contributed by atoms with Gasteiger partial charge < -0.3 is 5.32 Å². The van der Waals surface area contributed by atoms with E-state index in [4.69, 9.17) is 11.6 Å². The first kappa shape index (κ1) is 13.9. The lowest BCUT2D eigenvalue weighted by molar-refractivity contribution is 0.623. The topological polar surface area (TPSA) is 12.0 Å². The highest BCUT2D eigenvalue weighted by molar-refractivity contribution is 6.30. The predicted octanol–water partition coefficient (Wildman–Crippen LogP) is 5.35. The predicted molar refractivity (Wildman–Crippen MR) is 79.2 cm³/mol. The van der Waals surface area contributed by atoms with Gasteiger partial charge in [0.1, 0.15) is 5.82 Å². The van der Waals surface area contributed by atoms with Gasteiger partial charge >= 0.3 is 0 Å². The van der Waals surface area contributed by atoms with Gasteiger partial charge in [0, 0.05) is 5.02 Å². The quantitative estimate of drug-likeness (QED) is 0.794. The summed E-state index contributed by atoms with van der Waals surface area (Å²) in [7, 11) is 0. The molecule has 19 heavy (non-hydrogen) atoms. The van der Waals surface area contributed by atoms with E-state index in [0.29, 0.717) is 10.7 Å². The van der Waals surface area contributed by atoms with Crippen molar-refractivity contribution in [2.75, 3.05) is 5.32 Å². The molecule has 0 amide bonds. The summed E-state index contributed by atoms with van der Waals surface area (Å²) in [5.41, 5.74) is 2.63. The van der Waals surface area contributed by atoms with E-state index in [1.807, 2.05) is 37.3 Å². The van der Waals surface area contributed by atoms with Crippen LogP contribution in [0.2, 0.25) is 5.02 Å². The molecule has 1 atom stereocenters. The average molecular weight is 278 g/mol. The van der Waals surface area contributed by atoms with Crippen LogP contribution in [0.1, 0.15) is 30.5 Å². The van der Waals surface area contributed by atoms with E-state index in [-0.39, 0.29) is 11.9 Å². The first-order valence-electron chi connectivity index (χ1n) is 6.38. The van der Waals surface area contributed by atoms with Gasteiger partial charge in [-0.2, -0.15) is 0 Å². The lowest BCUT2D eigenvalue weighted by atomic mass is 10.0. The van der Waals surface area contributed by atoms with Crippen molar-refractivity contribution in [2.45, 2.75) is 26.3 Å². The summed E-state index contributed by atoms with van der Waals surface area (Å²) >= 11 is 6.00. The maximum absolute atomic E-state index is 13.8. The second kappa shape index (κ2) is 6.07. The van der Waals surface area contributed by atoms with Crippen molar-refractivity contribution in [3.8, 4) is 0 Å². The summed E-state index contributed by atoms with van der Waals surface area (Å²) in [5.74, 6) is -0.230. The zero-order valence-corrected chi connectivity index (χ0v) is 11.8. The molecule has 2 aromatic rings. The summed E-state index contributed by atoms with van der Waals surface area (Å²) in [4.78, 5) is 0. The van der Waals surface area contributed by atoms with Gasteiger partial charge in [0.25, 0.3) is 0 Å². The highest BCUT2D eigenvalue weighted by atomic mass is 35.5. The second-order valence-corrected chi connectivity index (χ2v) is 5.08. The standard InChI is InChI=1S/C16H17ClFN/c1-3-15(12-5-4-6-13(17)10-12)19-16-9-11(2)7-8-14(16)18/h4-10,15,19H,3H2,1-2H3. The summed E-state index contributed by atoms with van der Waals surface area (Å²) in [5, 5.41) is 3.94. The van der Waals surface area contributed by atoms with E-state index in [0.717, 1.165) is 17.5 Å². The number of rotatable bonds is 4. The Morgan fingerprint density at radius 1 is 1.21 bits per heavy atom. The number of anilines is 1. The molecule has 0 spiro atoms. The monoisotopic (exact) mass is 277 g/mol. The molecular weight excluding hydrogens is 261 g/mol. The minimum Gasteiger partial charge on any atom is -0.376 e. The summed E-state index contributed by atoms with van der Waals surface area (Å²) < 4.78 is 13.8. The van der Waals surface area contributed by atoms with Gasteiger partial charge in [-0.05, 0) is 48.7 Å². The Morgan fingerprint density at radius 2 is 2.00 bits per heavy atom. The normalized spacial score (nSPS) is 12.2. The highest BCUT2D eigenvalue weighted by Crippen LogP contribution is 2.26. The van der Waals surface area contributed by atoms with Crippen molar-refractivity contribution in [3.05, 3.63) is 64.4 Å². The molecule has 0 aliphatic rings. The van der Waals surface area contributed by atoms with Crippen LogP contribution in [-0.4, -0.2) is 0 Å². The van der Waals surface area contributed by atoms with Gasteiger partial charge in [-0.15, -0.1) is 0 Å². The molecule has 0 aliphatic heterocycles. The van der Waals surface area contributed by atoms with Crippen LogP contribution >= 0.6 is 11.6 Å². The average Bonchev–Trinajstić information content (AvgIpc) is 2.39. The van der Waals surface area contributed by atoms with Crippen molar-refractivity contribution in [1.82, 2.24) is 0 Å². The molecular formula is C16H17ClFN. The van der Waals surface area contributed by atoms with Crippen LogP contribution in [0, 0.1) is 12.7 Å². The molecule has 3 heteroatoms. The largest absolute Gasteiger partial charge is 0.376 e. The number of hydrogen-bond acceptors (Lipinski definition) is 1. The number of benzene rings is 2. The van der Waals surface area contributed by atoms with Gasteiger partial charge in [0.2, 0.25) is 0 Å². The molecule has 0 radical (unpaired) electrons. The highest BCUT2D eigenvalue weighted by Gasteiger charge is 2.12. The van der Waals surface area contributed by atoms with E-state index < -0.39 is 0 Å². The van der Waals surface area contributed by atoms with E-state index >= 15 is 0 Å². The fourth-order valence-electron chi connectivity index (χ4n) is 2.08. The van der Waals surface area contributed by atoms with Crippen LogP contribution in [0.4, 0.5) is 10.1 Å². The number of hydrogen-bond donors (Lipinski definition) is 1. The van der Waals surface area contributed by atoms with Gasteiger partial charge in [-0.1, -0.05) is 36.7 Å². The first-order valence-corrected chi connectivity index (χ1v) is 6.76. The Labute approximate surface area is 118 Å². The van der Waals surface area contributed by atoms with Crippen LogP contribution in [0.5, 0.6) is 0 Å². The van der Waals surface area contributed by atoms with Gasteiger partial charge in [-0.3, -0.25) is 0 Å². The molecule has 100 valence electrons. The van der Waals surface area contributed by atoms with Crippen LogP contribution < -0.4 is 5.32 Å². The van der Waals surface area contributed by atoms with Crippen molar-refractivity contribution in [3.63, 3.8) is 0 Å². The second-order valence-electron chi connectivity index (χ2n) is 4.64. The maximum atomic E-state index is 13.8. The Hall–Kier alpha value is -1.54. The maximum Gasteiger partial charge on any atom is 0.146 e. The minimum absolute atomic E-state index is 0.0509. The third-order valence-electron chi connectivity index (χ3n) is 3.11. The molecule has 0 saturated carbocycles.